The fourth-order valence-corrected chi connectivity index (χ4v) is 3.10. The SMILES string of the molecule is CCCCCCC(CC(C)=O)c1cc(C)c2ccccc2n1. The maximum absolute atomic E-state index is 11.6. The van der Waals surface area contributed by atoms with Gasteiger partial charge in [-0.3, -0.25) is 4.98 Å². The fourth-order valence-electron chi connectivity index (χ4n) is 3.10. The number of fused-ring (bicyclic) bond motifs is 1. The molecule has 1 unspecified atom stereocenters. The summed E-state index contributed by atoms with van der Waals surface area (Å²) in [4.78, 5) is 16.5. The first-order chi connectivity index (χ1) is 10.6. The number of Topliss-reactive ketones (excluding diaryl/α,β-unsaturated/α-hetero) is 1. The summed E-state index contributed by atoms with van der Waals surface area (Å²) in [7, 11) is 0. The second kappa shape index (κ2) is 8.07. The molecule has 1 heterocycles. The Balaban J connectivity index is 2.24. The van der Waals surface area contributed by atoms with Crippen molar-refractivity contribution < 1.29 is 4.79 Å². The summed E-state index contributed by atoms with van der Waals surface area (Å²) in [5.74, 6) is 0.519. The Labute approximate surface area is 134 Å². The molecule has 2 aromatic rings. The number of hydrogen-bond donors (Lipinski definition) is 0. The van der Waals surface area contributed by atoms with E-state index in [1.165, 1.54) is 36.6 Å². The maximum Gasteiger partial charge on any atom is 0.130 e. The highest BCUT2D eigenvalue weighted by atomic mass is 16.1. The van der Waals surface area contributed by atoms with Crippen LogP contribution in [0.15, 0.2) is 30.3 Å². The number of benzene rings is 1. The predicted octanol–water partition coefficient (Wildman–Crippen LogP) is 5.58. The van der Waals surface area contributed by atoms with E-state index in [4.69, 9.17) is 4.98 Å². The molecule has 0 amide bonds. The molecule has 2 heteroatoms. The molecular formula is C20H27NO. The Bertz CT molecular complexity index is 633. The zero-order valence-electron chi connectivity index (χ0n) is 14.1. The van der Waals surface area contributed by atoms with Crippen LogP contribution >= 0.6 is 0 Å². The molecule has 0 radical (unpaired) electrons. The highest BCUT2D eigenvalue weighted by Gasteiger charge is 2.16. The number of aromatic nitrogens is 1. The molecule has 1 aromatic heterocycles. The normalized spacial score (nSPS) is 12.5. The number of carbonyl (C=O) groups is 1. The number of hydrogen-bond acceptors (Lipinski definition) is 2. The number of rotatable bonds is 8. The number of aryl methyl sites for hydroxylation is 1. The van der Waals surface area contributed by atoms with E-state index in [2.05, 4.69) is 38.1 Å². The van der Waals surface area contributed by atoms with Crippen molar-refractivity contribution in [3.05, 3.63) is 41.6 Å². The van der Waals surface area contributed by atoms with Gasteiger partial charge in [-0.05, 0) is 38.0 Å². The summed E-state index contributed by atoms with van der Waals surface area (Å²) in [6.45, 7) is 6.05. The van der Waals surface area contributed by atoms with E-state index < -0.39 is 0 Å². The van der Waals surface area contributed by atoms with E-state index in [1.54, 1.807) is 6.92 Å². The lowest BCUT2D eigenvalue weighted by Gasteiger charge is -2.17. The minimum atomic E-state index is 0.258. The van der Waals surface area contributed by atoms with Crippen LogP contribution in [0.25, 0.3) is 10.9 Å². The predicted molar refractivity (Wildman–Crippen MR) is 93.3 cm³/mol. The van der Waals surface area contributed by atoms with Crippen molar-refractivity contribution in [1.29, 1.82) is 0 Å². The van der Waals surface area contributed by atoms with Crippen LogP contribution in [-0.4, -0.2) is 10.8 Å². The lowest BCUT2D eigenvalue weighted by atomic mass is 9.91. The molecule has 0 N–H and O–H groups in total. The molecular weight excluding hydrogens is 270 g/mol. The van der Waals surface area contributed by atoms with Gasteiger partial charge in [-0.25, -0.2) is 0 Å². The highest BCUT2D eigenvalue weighted by Crippen LogP contribution is 2.28. The molecule has 1 atom stereocenters. The van der Waals surface area contributed by atoms with Crippen LogP contribution in [0, 0.1) is 6.92 Å². The lowest BCUT2D eigenvalue weighted by molar-refractivity contribution is -0.117. The molecule has 2 rings (SSSR count). The van der Waals surface area contributed by atoms with Crippen LogP contribution in [0.3, 0.4) is 0 Å². The van der Waals surface area contributed by atoms with Gasteiger partial charge in [0.15, 0.2) is 0 Å². The molecule has 0 saturated heterocycles. The highest BCUT2D eigenvalue weighted by molar-refractivity contribution is 5.82. The van der Waals surface area contributed by atoms with Crippen molar-refractivity contribution in [3.8, 4) is 0 Å². The molecule has 0 fully saturated rings. The first kappa shape index (κ1) is 16.7. The fraction of sp³-hybridized carbons (Fsp3) is 0.500. The topological polar surface area (TPSA) is 30.0 Å². The lowest BCUT2D eigenvalue weighted by Crippen LogP contribution is -2.07. The average molecular weight is 297 g/mol. The summed E-state index contributed by atoms with van der Waals surface area (Å²) in [5, 5.41) is 1.21. The third-order valence-electron chi connectivity index (χ3n) is 4.30. The number of para-hydroxylation sites is 1. The Morgan fingerprint density at radius 1 is 1.18 bits per heavy atom. The minimum absolute atomic E-state index is 0.258. The van der Waals surface area contributed by atoms with Gasteiger partial charge in [0.2, 0.25) is 0 Å². The first-order valence-electron chi connectivity index (χ1n) is 8.47. The summed E-state index contributed by atoms with van der Waals surface area (Å²) in [5.41, 5.74) is 3.38. The van der Waals surface area contributed by atoms with Crippen LogP contribution in [0.1, 0.15) is 69.5 Å². The van der Waals surface area contributed by atoms with Gasteiger partial charge in [-0.15, -0.1) is 0 Å². The molecule has 0 aliphatic rings. The Kier molecular flexibility index (Phi) is 6.11. The van der Waals surface area contributed by atoms with Crippen molar-refractivity contribution in [2.45, 2.75) is 65.2 Å². The standard InChI is InChI=1S/C20H27NO/c1-4-5-6-7-10-17(14-16(3)22)20-13-15(2)18-11-8-9-12-19(18)21-20/h8-9,11-13,17H,4-7,10,14H2,1-3H3. The van der Waals surface area contributed by atoms with Gasteiger partial charge >= 0.3 is 0 Å². The Morgan fingerprint density at radius 3 is 2.68 bits per heavy atom. The van der Waals surface area contributed by atoms with Gasteiger partial charge in [0.25, 0.3) is 0 Å². The van der Waals surface area contributed by atoms with Crippen LogP contribution in [-0.2, 0) is 4.79 Å². The molecule has 1 aromatic carbocycles. The number of nitrogens with zero attached hydrogens (tertiary/aromatic N) is 1. The Hall–Kier alpha value is -1.70. The van der Waals surface area contributed by atoms with Gasteiger partial charge in [0.05, 0.1) is 5.52 Å². The average Bonchev–Trinajstić information content (AvgIpc) is 2.50. The van der Waals surface area contributed by atoms with Gasteiger partial charge in [0, 0.05) is 23.4 Å². The maximum atomic E-state index is 11.6. The zero-order valence-corrected chi connectivity index (χ0v) is 14.1. The van der Waals surface area contributed by atoms with Crippen molar-refractivity contribution in [3.63, 3.8) is 0 Å². The molecule has 118 valence electrons. The van der Waals surface area contributed by atoms with Gasteiger partial charge in [0.1, 0.15) is 5.78 Å². The smallest absolute Gasteiger partial charge is 0.130 e. The second-order valence-corrected chi connectivity index (χ2v) is 6.33. The van der Waals surface area contributed by atoms with Crippen molar-refractivity contribution >= 4 is 16.7 Å². The van der Waals surface area contributed by atoms with Gasteiger partial charge in [-0.2, -0.15) is 0 Å². The monoisotopic (exact) mass is 297 g/mol. The number of ketones is 1. The number of unbranched alkanes of at least 4 members (excludes halogenated alkanes) is 3. The third-order valence-corrected chi connectivity index (χ3v) is 4.30. The minimum Gasteiger partial charge on any atom is -0.300 e. The second-order valence-electron chi connectivity index (χ2n) is 6.33. The van der Waals surface area contributed by atoms with Crippen LogP contribution in [0.5, 0.6) is 0 Å². The zero-order chi connectivity index (χ0) is 15.9. The molecule has 0 aliphatic heterocycles. The summed E-state index contributed by atoms with van der Waals surface area (Å²) in [6, 6.07) is 10.4. The van der Waals surface area contributed by atoms with Crippen LogP contribution < -0.4 is 0 Å². The molecule has 2 nitrogen and oxygen atoms in total. The van der Waals surface area contributed by atoms with E-state index in [0.29, 0.717) is 6.42 Å². The molecule has 22 heavy (non-hydrogen) atoms. The first-order valence-corrected chi connectivity index (χ1v) is 8.47. The summed E-state index contributed by atoms with van der Waals surface area (Å²) in [6.07, 6.45) is 6.61. The van der Waals surface area contributed by atoms with Crippen molar-refractivity contribution in [2.75, 3.05) is 0 Å². The Morgan fingerprint density at radius 2 is 1.95 bits per heavy atom. The summed E-state index contributed by atoms with van der Waals surface area (Å²) < 4.78 is 0. The van der Waals surface area contributed by atoms with E-state index in [1.807, 2.05) is 6.07 Å². The van der Waals surface area contributed by atoms with Crippen molar-refractivity contribution in [1.82, 2.24) is 4.98 Å². The van der Waals surface area contributed by atoms with E-state index in [9.17, 15) is 4.79 Å². The summed E-state index contributed by atoms with van der Waals surface area (Å²) >= 11 is 0. The van der Waals surface area contributed by atoms with Gasteiger partial charge in [-0.1, -0.05) is 50.8 Å². The largest absolute Gasteiger partial charge is 0.300 e. The van der Waals surface area contributed by atoms with Crippen molar-refractivity contribution in [2.24, 2.45) is 0 Å². The number of pyridine rings is 1. The van der Waals surface area contributed by atoms with E-state index in [0.717, 1.165) is 17.6 Å². The van der Waals surface area contributed by atoms with Crippen LogP contribution in [0.4, 0.5) is 0 Å². The quantitative estimate of drug-likeness (QED) is 0.596. The number of carbonyl (C=O) groups excluding carboxylic acids is 1. The molecule has 0 aliphatic carbocycles. The molecule has 0 spiro atoms. The third kappa shape index (κ3) is 4.40. The van der Waals surface area contributed by atoms with E-state index in [-0.39, 0.29) is 11.7 Å². The molecule has 0 saturated carbocycles. The molecule has 0 bridgehead atoms. The van der Waals surface area contributed by atoms with Gasteiger partial charge < -0.3 is 4.79 Å². The van der Waals surface area contributed by atoms with E-state index >= 15 is 0 Å². The van der Waals surface area contributed by atoms with Crippen LogP contribution in [0.2, 0.25) is 0 Å².